The van der Waals surface area contributed by atoms with Gasteiger partial charge < -0.3 is 0 Å². The van der Waals surface area contributed by atoms with Crippen molar-refractivity contribution in [3.05, 3.63) is 90.0 Å². The first-order valence-corrected chi connectivity index (χ1v) is 14.4. The normalized spacial score (nSPS) is 15.4. The number of para-hydroxylation sites is 1. The quantitative estimate of drug-likeness (QED) is 0.446. The van der Waals surface area contributed by atoms with Gasteiger partial charge in [-0.1, -0.05) is 0 Å². The second kappa shape index (κ2) is 7.74. The molecule has 0 saturated carbocycles. The molecule has 0 amide bonds. The molecule has 0 aliphatic carbocycles. The van der Waals surface area contributed by atoms with E-state index in [0.29, 0.717) is 0 Å². The van der Waals surface area contributed by atoms with Crippen molar-refractivity contribution in [2.24, 2.45) is 0 Å². The van der Waals surface area contributed by atoms with Crippen LogP contribution in [0.25, 0.3) is 0 Å². The summed E-state index contributed by atoms with van der Waals surface area (Å²) in [4.78, 5) is 2.58. The Balaban J connectivity index is 1.85. The van der Waals surface area contributed by atoms with Crippen LogP contribution < -0.4 is 9.36 Å². The van der Waals surface area contributed by atoms with Gasteiger partial charge in [-0.3, -0.25) is 0 Å². The fourth-order valence-electron chi connectivity index (χ4n) is 3.44. The minimum absolute atomic E-state index is 0.113. The Labute approximate surface area is 171 Å². The zero-order valence-electron chi connectivity index (χ0n) is 16.2. The summed E-state index contributed by atoms with van der Waals surface area (Å²) >= 11 is -2.64. The van der Waals surface area contributed by atoms with Crippen molar-refractivity contribution in [3.8, 4) is 5.75 Å². The van der Waals surface area contributed by atoms with Crippen molar-refractivity contribution < 1.29 is 2.81 Å². The van der Waals surface area contributed by atoms with Crippen LogP contribution in [0.15, 0.2) is 78.9 Å². The van der Waals surface area contributed by atoms with E-state index in [1.807, 2.05) is 6.07 Å². The molecule has 0 fully saturated rings. The zero-order chi connectivity index (χ0) is 18.9. The topological polar surface area (TPSA) is 12.5 Å². The van der Waals surface area contributed by atoms with Crippen molar-refractivity contribution in [1.82, 2.24) is 4.90 Å². The Morgan fingerprint density at radius 2 is 1.19 bits per heavy atom. The molecule has 1 heterocycles. The molecule has 0 radical (unpaired) electrons. The summed E-state index contributed by atoms with van der Waals surface area (Å²) in [7, 11) is 0. The molecular formula is C24H26BiNO. The Bertz CT molecular complexity index is 867. The van der Waals surface area contributed by atoms with Crippen molar-refractivity contribution in [1.29, 1.82) is 0 Å². The average molecular weight is 553 g/mol. The van der Waals surface area contributed by atoms with Gasteiger partial charge in [-0.15, -0.1) is 0 Å². The summed E-state index contributed by atoms with van der Waals surface area (Å²) < 4.78 is 9.66. The fraction of sp³-hybridized carbons (Fsp3) is 0.250. The zero-order valence-corrected chi connectivity index (χ0v) is 19.7. The van der Waals surface area contributed by atoms with Gasteiger partial charge in [0.2, 0.25) is 0 Å². The van der Waals surface area contributed by atoms with Gasteiger partial charge in [-0.2, -0.15) is 0 Å². The predicted molar refractivity (Wildman–Crippen MR) is 114 cm³/mol. The third-order valence-electron chi connectivity index (χ3n) is 5.03. The standard InChI is InChI=1S/C18H21N.C6H6O.Bi/c1-18(2,3)19(14-16-10-6-4-7-11-16)15-17-12-8-5-9-13-17;7-6-4-2-1-3-5-6;/h4-10,12H,14-15H2,1-3H3;1-5,7H;/q;;+1/p-1. The molecule has 0 spiro atoms. The van der Waals surface area contributed by atoms with Gasteiger partial charge in [0.15, 0.2) is 0 Å². The first-order chi connectivity index (χ1) is 13.0. The van der Waals surface area contributed by atoms with Crippen LogP contribution in [0.2, 0.25) is 0 Å². The molecule has 4 rings (SSSR count). The molecule has 1 aliphatic heterocycles. The number of hydrogen-bond acceptors (Lipinski definition) is 2. The summed E-state index contributed by atoms with van der Waals surface area (Å²) in [6, 6.07) is 28.2. The first-order valence-electron chi connectivity index (χ1n) is 9.46. The van der Waals surface area contributed by atoms with E-state index >= 15 is 0 Å². The number of nitrogens with zero attached hydrogens (tertiary/aromatic N) is 1. The molecular weight excluding hydrogens is 527 g/mol. The Morgan fingerprint density at radius 3 is 1.70 bits per heavy atom. The van der Waals surface area contributed by atoms with E-state index in [1.54, 1.807) is 0 Å². The van der Waals surface area contributed by atoms with Gasteiger partial charge in [0.05, 0.1) is 0 Å². The van der Waals surface area contributed by atoms with Crippen molar-refractivity contribution in [2.45, 2.75) is 39.4 Å². The molecule has 1 aliphatic rings. The third kappa shape index (κ3) is 4.10. The molecule has 138 valence electrons. The van der Waals surface area contributed by atoms with Crippen molar-refractivity contribution in [2.75, 3.05) is 0 Å². The van der Waals surface area contributed by atoms with E-state index in [0.717, 1.165) is 18.8 Å². The molecule has 27 heavy (non-hydrogen) atoms. The number of benzene rings is 3. The molecule has 3 aromatic rings. The molecule has 0 saturated heterocycles. The van der Waals surface area contributed by atoms with Gasteiger partial charge in [0.25, 0.3) is 0 Å². The van der Waals surface area contributed by atoms with Crippen LogP contribution in [0, 0.1) is 0 Å². The van der Waals surface area contributed by atoms with E-state index in [2.05, 4.69) is 98.5 Å². The van der Waals surface area contributed by atoms with Gasteiger partial charge >= 0.3 is 172 Å². The molecule has 0 bridgehead atoms. The Kier molecular flexibility index (Phi) is 5.35. The Hall–Kier alpha value is -1.70. The number of fused-ring (bicyclic) bond motifs is 2. The summed E-state index contributed by atoms with van der Waals surface area (Å²) in [5, 5.41) is 0. The predicted octanol–water partition coefficient (Wildman–Crippen LogP) is 3.99. The van der Waals surface area contributed by atoms with E-state index in [-0.39, 0.29) is 5.54 Å². The minimum atomic E-state index is -2.64. The van der Waals surface area contributed by atoms with Crippen molar-refractivity contribution in [3.63, 3.8) is 0 Å². The van der Waals surface area contributed by atoms with Crippen LogP contribution in [-0.4, -0.2) is 32.6 Å². The first kappa shape index (κ1) is 18.7. The number of rotatable bonds is 2. The van der Waals surface area contributed by atoms with E-state index in [9.17, 15) is 0 Å². The Morgan fingerprint density at radius 1 is 0.704 bits per heavy atom. The third-order valence-corrected chi connectivity index (χ3v) is 13.4. The van der Waals surface area contributed by atoms with Crippen LogP contribution >= 0.6 is 0 Å². The van der Waals surface area contributed by atoms with Crippen LogP contribution in [0.4, 0.5) is 0 Å². The maximum atomic E-state index is 6.75. The van der Waals surface area contributed by atoms with Gasteiger partial charge in [-0.05, 0) is 0 Å². The molecule has 0 atom stereocenters. The van der Waals surface area contributed by atoms with E-state index in [4.69, 9.17) is 2.81 Å². The SMILES string of the molecule is CC(C)(C)N1Cc2cccc[c]2[Bi]([O]c2ccccc2)[c]2ccccc2C1. The molecule has 0 unspecified atom stereocenters. The fourth-order valence-corrected chi connectivity index (χ4v) is 11.4. The summed E-state index contributed by atoms with van der Waals surface area (Å²) in [6.07, 6.45) is 0. The summed E-state index contributed by atoms with van der Waals surface area (Å²) in [5.74, 6) is 0.994. The molecule has 0 N–H and O–H groups in total. The van der Waals surface area contributed by atoms with Crippen LogP contribution in [0.1, 0.15) is 31.9 Å². The van der Waals surface area contributed by atoms with E-state index < -0.39 is 22.2 Å². The number of hydrogen-bond donors (Lipinski definition) is 0. The average Bonchev–Trinajstić information content (AvgIpc) is 2.65. The van der Waals surface area contributed by atoms with Gasteiger partial charge in [0, 0.05) is 0 Å². The molecule has 3 aromatic carbocycles. The maximum absolute atomic E-state index is 6.75. The monoisotopic (exact) mass is 553 g/mol. The van der Waals surface area contributed by atoms with E-state index in [1.165, 1.54) is 17.7 Å². The second-order valence-corrected chi connectivity index (χ2v) is 14.7. The van der Waals surface area contributed by atoms with Crippen molar-refractivity contribution >= 4 is 28.7 Å². The molecule has 3 heteroatoms. The molecule has 0 aromatic heterocycles. The summed E-state index contributed by atoms with van der Waals surface area (Å²) in [5.41, 5.74) is 2.97. The van der Waals surface area contributed by atoms with Crippen LogP contribution in [0.5, 0.6) is 5.75 Å². The summed E-state index contributed by atoms with van der Waals surface area (Å²) in [6.45, 7) is 8.86. The van der Waals surface area contributed by atoms with Gasteiger partial charge in [0.1, 0.15) is 0 Å². The van der Waals surface area contributed by atoms with Gasteiger partial charge in [-0.25, -0.2) is 0 Å². The second-order valence-electron chi connectivity index (χ2n) is 7.98. The van der Waals surface area contributed by atoms with Crippen LogP contribution in [-0.2, 0) is 13.1 Å². The molecule has 2 nitrogen and oxygen atoms in total. The van der Waals surface area contributed by atoms with Crippen LogP contribution in [0.3, 0.4) is 0 Å².